The Morgan fingerprint density at radius 1 is 1.32 bits per heavy atom. The van der Waals surface area contributed by atoms with Gasteiger partial charge in [0.15, 0.2) is 0 Å². The summed E-state index contributed by atoms with van der Waals surface area (Å²) in [5.74, 6) is 0.207. The number of allylic oxidation sites excluding steroid dienone is 4. The van der Waals surface area contributed by atoms with Crippen LogP contribution in [0.4, 0.5) is 18.9 Å². The molecule has 0 radical (unpaired) electrons. The van der Waals surface area contributed by atoms with Gasteiger partial charge in [-0.05, 0) is 43.0 Å². The molecule has 2 aliphatic rings. The van der Waals surface area contributed by atoms with Crippen LogP contribution in [-0.2, 0) is 12.6 Å². The normalized spacial score (nSPS) is 21.6. The van der Waals surface area contributed by atoms with Crippen molar-refractivity contribution in [3.05, 3.63) is 51.7 Å². The molecule has 1 heterocycles. The molecule has 25 heavy (non-hydrogen) atoms. The van der Waals surface area contributed by atoms with Crippen LogP contribution in [0.5, 0.6) is 0 Å². The number of nitrogens with two attached hydrogens (primary N) is 1. The second kappa shape index (κ2) is 7.15. The van der Waals surface area contributed by atoms with Crippen molar-refractivity contribution in [1.29, 1.82) is 0 Å². The third-order valence-corrected chi connectivity index (χ3v) is 5.57. The molecule has 0 bridgehead atoms. The van der Waals surface area contributed by atoms with E-state index in [4.69, 9.17) is 5.73 Å². The van der Waals surface area contributed by atoms with E-state index in [0.717, 1.165) is 47.1 Å². The van der Waals surface area contributed by atoms with Crippen molar-refractivity contribution in [3.8, 4) is 0 Å². The van der Waals surface area contributed by atoms with Gasteiger partial charge in [-0.3, -0.25) is 0 Å². The summed E-state index contributed by atoms with van der Waals surface area (Å²) in [5, 5.41) is 0. The first-order valence-corrected chi connectivity index (χ1v) is 9.49. The zero-order valence-electron chi connectivity index (χ0n) is 13.2. The summed E-state index contributed by atoms with van der Waals surface area (Å²) in [4.78, 5) is 6.16. The number of hydrogen-bond acceptors (Lipinski definition) is 1. The number of hydrogen-bond donors (Lipinski definition) is 1. The van der Waals surface area contributed by atoms with Crippen LogP contribution >= 0.6 is 31.9 Å². The lowest BCUT2D eigenvalue weighted by molar-refractivity contribution is -0.137. The summed E-state index contributed by atoms with van der Waals surface area (Å²) in [6.07, 6.45) is 1.79. The highest BCUT2D eigenvalue weighted by Gasteiger charge is 2.32. The molecule has 0 spiro atoms. The summed E-state index contributed by atoms with van der Waals surface area (Å²) in [6.45, 7) is 0.543. The van der Waals surface area contributed by atoms with Gasteiger partial charge in [0.2, 0.25) is 5.96 Å². The third-order valence-electron chi connectivity index (χ3n) is 4.18. The maximum Gasteiger partial charge on any atom is 0.416 e. The van der Waals surface area contributed by atoms with E-state index in [1.165, 1.54) is 6.07 Å². The molecule has 134 valence electrons. The third kappa shape index (κ3) is 4.11. The molecule has 0 saturated carbocycles. The molecule has 3 rings (SSSR count). The van der Waals surface area contributed by atoms with E-state index in [2.05, 4.69) is 36.9 Å². The van der Waals surface area contributed by atoms with Gasteiger partial charge < -0.3 is 10.6 Å². The number of nitrogens with zero attached hydrogens (tertiary/aromatic N) is 2. The summed E-state index contributed by atoms with van der Waals surface area (Å²) in [5.41, 5.74) is 7.57. The van der Waals surface area contributed by atoms with Crippen LogP contribution in [0.2, 0.25) is 0 Å². The number of rotatable bonds is 1. The summed E-state index contributed by atoms with van der Waals surface area (Å²) in [6, 6.07) is 3.81. The van der Waals surface area contributed by atoms with Crippen molar-refractivity contribution >= 4 is 43.5 Å². The van der Waals surface area contributed by atoms with Crippen molar-refractivity contribution < 1.29 is 13.2 Å². The molecule has 1 aromatic carbocycles. The Morgan fingerprint density at radius 2 is 2.08 bits per heavy atom. The van der Waals surface area contributed by atoms with Crippen LogP contribution in [0.3, 0.4) is 0 Å². The van der Waals surface area contributed by atoms with Gasteiger partial charge in [0.1, 0.15) is 0 Å². The minimum absolute atomic E-state index is 0.0260. The maximum absolute atomic E-state index is 13.0. The van der Waals surface area contributed by atoms with E-state index >= 15 is 0 Å². The van der Waals surface area contributed by atoms with Crippen LogP contribution in [0.1, 0.15) is 24.0 Å². The zero-order valence-corrected chi connectivity index (χ0v) is 16.3. The van der Waals surface area contributed by atoms with Crippen LogP contribution < -0.4 is 10.6 Å². The fourth-order valence-electron chi connectivity index (χ4n) is 2.91. The number of aryl methyl sites for hydroxylation is 1. The number of alkyl halides is 4. The van der Waals surface area contributed by atoms with E-state index < -0.39 is 11.7 Å². The molecule has 0 amide bonds. The number of guanidine groups is 1. The van der Waals surface area contributed by atoms with Gasteiger partial charge in [-0.25, -0.2) is 4.99 Å². The van der Waals surface area contributed by atoms with Crippen LogP contribution in [0.25, 0.3) is 0 Å². The zero-order chi connectivity index (χ0) is 18.2. The highest BCUT2D eigenvalue weighted by molar-refractivity contribution is 9.12. The molecule has 1 aliphatic carbocycles. The standard InChI is InChI=1S/C17H16Br2F3N3/c18-12-5-6-13(19)14(9-12)24-16(23)25-7-1-2-10-3-4-11(8-15(10)25)17(20,21)22/h3-5,8-9,13H,1-2,6-7H2,(H2,23,24). The van der Waals surface area contributed by atoms with Gasteiger partial charge >= 0.3 is 6.18 Å². The van der Waals surface area contributed by atoms with E-state index in [1.807, 2.05) is 12.2 Å². The van der Waals surface area contributed by atoms with Crippen LogP contribution in [-0.4, -0.2) is 17.3 Å². The second-order valence-corrected chi connectivity index (χ2v) is 7.95. The highest BCUT2D eigenvalue weighted by atomic mass is 79.9. The van der Waals surface area contributed by atoms with Gasteiger partial charge in [0.25, 0.3) is 0 Å². The SMILES string of the molecule is NC(=NC1=CC(Br)=CCC1Br)N1CCCc2ccc(C(F)(F)F)cc21. The summed E-state index contributed by atoms with van der Waals surface area (Å²) < 4.78 is 40.0. The molecule has 8 heteroatoms. The molecular weight excluding hydrogens is 463 g/mol. The minimum atomic E-state index is -4.38. The van der Waals surface area contributed by atoms with Gasteiger partial charge in [-0.2, -0.15) is 13.2 Å². The van der Waals surface area contributed by atoms with Gasteiger partial charge in [-0.15, -0.1) is 0 Å². The second-order valence-electron chi connectivity index (χ2n) is 5.93. The Kier molecular flexibility index (Phi) is 5.29. The minimum Gasteiger partial charge on any atom is -0.369 e. The Labute approximate surface area is 160 Å². The van der Waals surface area contributed by atoms with Crippen molar-refractivity contribution in [1.82, 2.24) is 0 Å². The lowest BCUT2D eigenvalue weighted by atomic mass is 9.99. The number of benzene rings is 1. The highest BCUT2D eigenvalue weighted by Crippen LogP contribution is 2.36. The number of fused-ring (bicyclic) bond motifs is 1. The van der Waals surface area contributed by atoms with Crippen molar-refractivity contribution in [2.75, 3.05) is 11.4 Å². The van der Waals surface area contributed by atoms with E-state index in [0.29, 0.717) is 12.2 Å². The predicted molar refractivity (Wildman–Crippen MR) is 101 cm³/mol. The molecule has 1 aliphatic heterocycles. The van der Waals surface area contributed by atoms with Gasteiger partial charge in [0.05, 0.1) is 16.1 Å². The van der Waals surface area contributed by atoms with Crippen LogP contribution in [0.15, 0.2) is 45.5 Å². The van der Waals surface area contributed by atoms with Gasteiger partial charge in [-0.1, -0.05) is 44.0 Å². The van der Waals surface area contributed by atoms with E-state index in [1.54, 1.807) is 4.90 Å². The molecule has 3 nitrogen and oxygen atoms in total. The Balaban J connectivity index is 1.97. The average molecular weight is 479 g/mol. The first-order chi connectivity index (χ1) is 11.8. The largest absolute Gasteiger partial charge is 0.416 e. The molecule has 1 unspecified atom stereocenters. The lowest BCUT2D eigenvalue weighted by Crippen LogP contribution is -2.41. The quantitative estimate of drug-likeness (QED) is 0.346. The Hall–Kier alpha value is -1.28. The van der Waals surface area contributed by atoms with Crippen molar-refractivity contribution in [2.24, 2.45) is 10.7 Å². The predicted octanol–water partition coefficient (Wildman–Crippen LogP) is 5.10. The van der Waals surface area contributed by atoms with Gasteiger partial charge in [0, 0.05) is 16.7 Å². The summed E-state index contributed by atoms with van der Waals surface area (Å²) >= 11 is 6.95. The molecule has 0 aromatic heterocycles. The molecule has 1 aromatic rings. The van der Waals surface area contributed by atoms with E-state index in [9.17, 15) is 13.2 Å². The monoisotopic (exact) mass is 477 g/mol. The first kappa shape index (κ1) is 18.5. The first-order valence-electron chi connectivity index (χ1n) is 7.79. The number of halogens is 5. The number of anilines is 1. The number of aliphatic imine (C=N–C) groups is 1. The lowest BCUT2D eigenvalue weighted by Gasteiger charge is -2.31. The Bertz CT molecular complexity index is 769. The fraction of sp³-hybridized carbons (Fsp3) is 0.353. The molecule has 2 N–H and O–H groups in total. The summed E-state index contributed by atoms with van der Waals surface area (Å²) in [7, 11) is 0. The molecule has 0 fully saturated rings. The van der Waals surface area contributed by atoms with Crippen molar-refractivity contribution in [2.45, 2.75) is 30.3 Å². The fourth-order valence-corrected chi connectivity index (χ4v) is 3.75. The Morgan fingerprint density at radius 3 is 2.80 bits per heavy atom. The molecule has 1 atom stereocenters. The van der Waals surface area contributed by atoms with Crippen molar-refractivity contribution in [3.63, 3.8) is 0 Å². The topological polar surface area (TPSA) is 41.6 Å². The smallest absolute Gasteiger partial charge is 0.369 e. The molecular formula is C17H16Br2F3N3. The van der Waals surface area contributed by atoms with Crippen LogP contribution in [0, 0.1) is 0 Å². The molecule has 0 saturated heterocycles. The maximum atomic E-state index is 13.0. The van der Waals surface area contributed by atoms with E-state index in [-0.39, 0.29) is 10.8 Å². The average Bonchev–Trinajstić information content (AvgIpc) is 2.56.